The Bertz CT molecular complexity index is 698. The predicted molar refractivity (Wildman–Crippen MR) is 87.1 cm³/mol. The van der Waals surface area contributed by atoms with E-state index in [1.165, 1.54) is 17.3 Å². The molecule has 0 aromatic carbocycles. The smallest absolute Gasteiger partial charge is 0.256 e. The molecular formula is C18H19F2N3O2. The lowest BCUT2D eigenvalue weighted by molar-refractivity contribution is -0.124. The fourth-order valence-corrected chi connectivity index (χ4v) is 2.82. The van der Waals surface area contributed by atoms with Crippen molar-refractivity contribution < 1.29 is 18.3 Å². The van der Waals surface area contributed by atoms with Gasteiger partial charge in [-0.15, -0.1) is 0 Å². The van der Waals surface area contributed by atoms with E-state index in [0.29, 0.717) is 5.56 Å². The number of carbonyl (C=O) groups is 1. The number of amides is 1. The van der Waals surface area contributed by atoms with Crippen LogP contribution in [-0.2, 0) is 11.3 Å². The van der Waals surface area contributed by atoms with E-state index in [9.17, 15) is 13.6 Å². The highest BCUT2D eigenvalue weighted by Gasteiger charge is 2.45. The van der Waals surface area contributed by atoms with Crippen LogP contribution in [0.1, 0.15) is 22.3 Å². The third-order valence-electron chi connectivity index (χ3n) is 4.28. The quantitative estimate of drug-likeness (QED) is 0.835. The summed E-state index contributed by atoms with van der Waals surface area (Å²) in [4.78, 5) is 21.7. The number of ether oxygens (including phenoxy) is 1. The normalized spacial score (nSPS) is 19.6. The fraction of sp³-hybridized carbons (Fsp3) is 0.389. The number of piperidine rings is 1. The Morgan fingerprint density at radius 2 is 2.04 bits per heavy atom. The van der Waals surface area contributed by atoms with Crippen LogP contribution in [0, 0.1) is 5.92 Å². The minimum Gasteiger partial charge on any atom is -0.376 e. The summed E-state index contributed by atoms with van der Waals surface area (Å²) in [5.41, 5.74) is 1.28. The highest BCUT2D eigenvalue weighted by Crippen LogP contribution is 2.34. The first-order valence-electron chi connectivity index (χ1n) is 8.10. The number of likely N-dealkylation sites (tertiary alicyclic amines) is 1. The molecule has 1 aliphatic rings. The summed E-state index contributed by atoms with van der Waals surface area (Å²) < 4.78 is 33.8. The highest BCUT2D eigenvalue weighted by molar-refractivity contribution is 5.94. The SMILES string of the molecule is O=C(c1ccncc1)N1CCC(F)(F)C(COCc2cccnc2)C1. The summed E-state index contributed by atoms with van der Waals surface area (Å²) in [5.74, 6) is -4.12. The van der Waals surface area contributed by atoms with Gasteiger partial charge in [0.1, 0.15) is 0 Å². The third kappa shape index (κ3) is 4.36. The van der Waals surface area contributed by atoms with Crippen LogP contribution in [0.3, 0.4) is 0 Å². The van der Waals surface area contributed by atoms with E-state index in [1.807, 2.05) is 6.07 Å². The molecule has 0 saturated carbocycles. The molecule has 25 heavy (non-hydrogen) atoms. The van der Waals surface area contributed by atoms with Gasteiger partial charge in [0.05, 0.1) is 19.1 Å². The summed E-state index contributed by atoms with van der Waals surface area (Å²) in [6.45, 7) is 0.120. The van der Waals surface area contributed by atoms with E-state index < -0.39 is 11.8 Å². The molecule has 1 amide bonds. The number of aromatic nitrogens is 2. The second kappa shape index (κ2) is 7.65. The van der Waals surface area contributed by atoms with Crippen molar-refractivity contribution in [3.8, 4) is 0 Å². The van der Waals surface area contributed by atoms with Gasteiger partial charge < -0.3 is 9.64 Å². The second-order valence-corrected chi connectivity index (χ2v) is 6.07. The Morgan fingerprint density at radius 3 is 2.76 bits per heavy atom. The molecule has 5 nitrogen and oxygen atoms in total. The summed E-state index contributed by atoms with van der Waals surface area (Å²) in [6, 6.07) is 6.76. The van der Waals surface area contributed by atoms with Gasteiger partial charge in [-0.1, -0.05) is 6.07 Å². The van der Waals surface area contributed by atoms with Crippen LogP contribution >= 0.6 is 0 Å². The van der Waals surface area contributed by atoms with Crippen LogP contribution in [0.5, 0.6) is 0 Å². The standard InChI is InChI=1S/C18H19F2N3O2/c19-18(20)5-9-23(17(24)15-3-7-21-8-4-15)11-16(18)13-25-12-14-2-1-6-22-10-14/h1-4,6-8,10,16H,5,9,11-13H2. The van der Waals surface area contributed by atoms with E-state index in [2.05, 4.69) is 9.97 Å². The van der Waals surface area contributed by atoms with E-state index in [4.69, 9.17) is 4.74 Å². The summed E-state index contributed by atoms with van der Waals surface area (Å²) >= 11 is 0. The van der Waals surface area contributed by atoms with Gasteiger partial charge in [0.2, 0.25) is 0 Å². The molecule has 0 N–H and O–H groups in total. The molecule has 1 fully saturated rings. The number of hydrogen-bond donors (Lipinski definition) is 0. The Hall–Kier alpha value is -2.41. The number of pyridine rings is 2. The number of hydrogen-bond acceptors (Lipinski definition) is 4. The summed E-state index contributed by atoms with van der Waals surface area (Å²) in [5, 5.41) is 0. The Labute approximate surface area is 144 Å². The first-order chi connectivity index (χ1) is 12.1. The minimum atomic E-state index is -2.84. The minimum absolute atomic E-state index is 0.0266. The van der Waals surface area contributed by atoms with Gasteiger partial charge in [-0.2, -0.15) is 0 Å². The zero-order chi connectivity index (χ0) is 17.7. The molecule has 1 aliphatic heterocycles. The number of halogens is 2. The molecule has 0 spiro atoms. The van der Waals surface area contributed by atoms with Crippen molar-refractivity contribution >= 4 is 5.91 Å². The Balaban J connectivity index is 1.60. The highest BCUT2D eigenvalue weighted by atomic mass is 19.3. The number of alkyl halides is 2. The molecular weight excluding hydrogens is 328 g/mol. The molecule has 3 heterocycles. The van der Waals surface area contributed by atoms with Crippen molar-refractivity contribution in [3.63, 3.8) is 0 Å². The van der Waals surface area contributed by atoms with E-state index in [1.54, 1.807) is 30.6 Å². The van der Waals surface area contributed by atoms with Gasteiger partial charge in [0.15, 0.2) is 0 Å². The first-order valence-corrected chi connectivity index (χ1v) is 8.10. The van der Waals surface area contributed by atoms with Crippen molar-refractivity contribution in [3.05, 3.63) is 60.2 Å². The predicted octanol–water partition coefficient (Wildman–Crippen LogP) is 2.79. The summed E-state index contributed by atoms with van der Waals surface area (Å²) in [7, 11) is 0. The maximum Gasteiger partial charge on any atom is 0.256 e. The van der Waals surface area contributed by atoms with Gasteiger partial charge in [0, 0.05) is 49.9 Å². The molecule has 7 heteroatoms. The first kappa shape index (κ1) is 17.4. The van der Waals surface area contributed by atoms with Crippen LogP contribution < -0.4 is 0 Å². The number of nitrogens with zero attached hydrogens (tertiary/aromatic N) is 3. The lowest BCUT2D eigenvalue weighted by Crippen LogP contribution is -2.50. The van der Waals surface area contributed by atoms with Crippen molar-refractivity contribution in [2.24, 2.45) is 5.92 Å². The maximum absolute atomic E-state index is 14.2. The lowest BCUT2D eigenvalue weighted by Gasteiger charge is -2.38. The van der Waals surface area contributed by atoms with Crippen molar-refractivity contribution in [1.82, 2.24) is 14.9 Å². The molecule has 132 valence electrons. The molecule has 1 unspecified atom stereocenters. The van der Waals surface area contributed by atoms with Gasteiger partial charge in [0.25, 0.3) is 11.8 Å². The van der Waals surface area contributed by atoms with Crippen LogP contribution in [0.15, 0.2) is 49.1 Å². The van der Waals surface area contributed by atoms with Crippen LogP contribution in [0.4, 0.5) is 8.78 Å². The van der Waals surface area contributed by atoms with Crippen LogP contribution in [0.2, 0.25) is 0 Å². The average molecular weight is 347 g/mol. The molecule has 2 aromatic rings. The zero-order valence-electron chi connectivity index (χ0n) is 13.6. The fourth-order valence-electron chi connectivity index (χ4n) is 2.82. The monoisotopic (exact) mass is 347 g/mol. The lowest BCUT2D eigenvalue weighted by atomic mass is 9.93. The topological polar surface area (TPSA) is 55.3 Å². The van der Waals surface area contributed by atoms with Crippen molar-refractivity contribution in [2.45, 2.75) is 19.0 Å². The van der Waals surface area contributed by atoms with E-state index in [0.717, 1.165) is 5.56 Å². The van der Waals surface area contributed by atoms with Crippen molar-refractivity contribution in [2.75, 3.05) is 19.7 Å². The molecule has 0 radical (unpaired) electrons. The number of carbonyl (C=O) groups excluding carboxylic acids is 1. The van der Waals surface area contributed by atoms with Crippen molar-refractivity contribution in [1.29, 1.82) is 0 Å². The van der Waals surface area contributed by atoms with Gasteiger partial charge in [-0.3, -0.25) is 14.8 Å². The zero-order valence-corrected chi connectivity index (χ0v) is 13.6. The average Bonchev–Trinajstić information content (AvgIpc) is 2.64. The largest absolute Gasteiger partial charge is 0.376 e. The van der Waals surface area contributed by atoms with Gasteiger partial charge in [-0.05, 0) is 23.8 Å². The number of rotatable bonds is 5. The molecule has 1 saturated heterocycles. The molecule has 1 atom stereocenters. The summed E-state index contributed by atoms with van der Waals surface area (Å²) in [6.07, 6.45) is 5.95. The van der Waals surface area contributed by atoms with Crippen LogP contribution in [-0.4, -0.2) is 46.4 Å². The van der Waals surface area contributed by atoms with E-state index in [-0.39, 0.29) is 38.6 Å². The Kier molecular flexibility index (Phi) is 5.33. The van der Waals surface area contributed by atoms with Crippen LogP contribution in [0.25, 0.3) is 0 Å². The maximum atomic E-state index is 14.2. The molecule has 0 bridgehead atoms. The Morgan fingerprint density at radius 1 is 1.24 bits per heavy atom. The third-order valence-corrected chi connectivity index (χ3v) is 4.28. The molecule has 3 rings (SSSR count). The second-order valence-electron chi connectivity index (χ2n) is 6.07. The molecule has 0 aliphatic carbocycles. The van der Waals surface area contributed by atoms with Gasteiger partial charge in [-0.25, -0.2) is 8.78 Å². The molecule has 2 aromatic heterocycles. The van der Waals surface area contributed by atoms with Gasteiger partial charge >= 0.3 is 0 Å². The van der Waals surface area contributed by atoms with E-state index >= 15 is 0 Å².